The Hall–Kier alpha value is -4.28. The van der Waals surface area contributed by atoms with Gasteiger partial charge >= 0.3 is 6.18 Å². The molecule has 0 spiro atoms. The number of hydrogen-bond donors (Lipinski definition) is 1. The summed E-state index contributed by atoms with van der Waals surface area (Å²) in [6, 6.07) is 8.60. The fraction of sp³-hybridized carbons (Fsp3) is 0.174. The van der Waals surface area contributed by atoms with Gasteiger partial charge in [0.2, 0.25) is 0 Å². The Morgan fingerprint density at radius 3 is 2.44 bits per heavy atom. The standard InChI is InChI=1S/C23H19F3N6O2/c1-3-31(20-7-5-16(12-29-20)23(24,25)26)22(34)14-8-9-32-19(10-14)17(13-30-32)15-4-6-18(28-11-15)21(33)27-2/h4-13H,3H2,1-2H3,(H,27,33). The number of alkyl halides is 3. The molecular weight excluding hydrogens is 449 g/mol. The SMILES string of the molecule is CCN(C(=O)c1ccn2ncc(-c3ccc(C(=O)NC)nc3)c2c1)c1ccc(C(F)(F)F)cn1. The van der Waals surface area contributed by atoms with Crippen molar-refractivity contribution in [2.75, 3.05) is 18.5 Å². The number of rotatable bonds is 5. The molecule has 174 valence electrons. The van der Waals surface area contributed by atoms with E-state index in [2.05, 4.69) is 20.4 Å². The monoisotopic (exact) mass is 468 g/mol. The van der Waals surface area contributed by atoms with Crippen LogP contribution in [0.4, 0.5) is 19.0 Å². The number of halogens is 3. The van der Waals surface area contributed by atoms with Gasteiger partial charge in [-0.3, -0.25) is 19.5 Å². The maximum atomic E-state index is 13.2. The summed E-state index contributed by atoms with van der Waals surface area (Å²) in [5, 5.41) is 6.80. The highest BCUT2D eigenvalue weighted by Crippen LogP contribution is 2.30. The number of hydrogen-bond acceptors (Lipinski definition) is 5. The average molecular weight is 468 g/mol. The van der Waals surface area contributed by atoms with E-state index in [-0.39, 0.29) is 24.0 Å². The van der Waals surface area contributed by atoms with Crippen molar-refractivity contribution in [3.63, 3.8) is 0 Å². The van der Waals surface area contributed by atoms with Crippen LogP contribution >= 0.6 is 0 Å². The summed E-state index contributed by atoms with van der Waals surface area (Å²) in [6.45, 7) is 1.92. The van der Waals surface area contributed by atoms with Gasteiger partial charge in [-0.2, -0.15) is 18.3 Å². The number of fused-ring (bicyclic) bond motifs is 1. The third-order valence-corrected chi connectivity index (χ3v) is 5.22. The van der Waals surface area contributed by atoms with Crippen LogP contribution in [0.3, 0.4) is 0 Å². The van der Waals surface area contributed by atoms with Gasteiger partial charge in [0.05, 0.1) is 17.3 Å². The second-order valence-electron chi connectivity index (χ2n) is 7.27. The predicted molar refractivity (Wildman–Crippen MR) is 118 cm³/mol. The van der Waals surface area contributed by atoms with E-state index in [0.717, 1.165) is 6.07 Å². The highest BCUT2D eigenvalue weighted by molar-refractivity contribution is 6.06. The molecule has 8 nitrogen and oxygen atoms in total. The van der Waals surface area contributed by atoms with E-state index < -0.39 is 17.6 Å². The van der Waals surface area contributed by atoms with Crippen molar-refractivity contribution in [3.8, 4) is 11.1 Å². The molecule has 0 aliphatic heterocycles. The van der Waals surface area contributed by atoms with E-state index in [1.54, 1.807) is 54.3 Å². The second kappa shape index (κ2) is 8.93. The summed E-state index contributed by atoms with van der Waals surface area (Å²) in [6.07, 6.45) is 0.977. The summed E-state index contributed by atoms with van der Waals surface area (Å²) in [4.78, 5) is 34.2. The number of carbonyl (C=O) groups is 2. The van der Waals surface area contributed by atoms with E-state index in [9.17, 15) is 22.8 Å². The molecule has 4 aromatic heterocycles. The molecule has 0 aliphatic carbocycles. The van der Waals surface area contributed by atoms with Crippen molar-refractivity contribution in [1.82, 2.24) is 24.9 Å². The van der Waals surface area contributed by atoms with Gasteiger partial charge in [0, 0.05) is 48.9 Å². The minimum absolute atomic E-state index is 0.114. The van der Waals surface area contributed by atoms with Crippen LogP contribution in [-0.2, 0) is 6.18 Å². The first-order chi connectivity index (χ1) is 16.2. The van der Waals surface area contributed by atoms with Gasteiger partial charge in [0.1, 0.15) is 11.5 Å². The van der Waals surface area contributed by atoms with E-state index in [1.807, 2.05) is 0 Å². The molecular formula is C23H19F3N6O2. The Bertz CT molecular complexity index is 1350. The maximum Gasteiger partial charge on any atom is 0.417 e. The number of amides is 2. The smallest absolute Gasteiger partial charge is 0.354 e. The lowest BCUT2D eigenvalue weighted by Gasteiger charge is -2.20. The van der Waals surface area contributed by atoms with Crippen molar-refractivity contribution in [2.45, 2.75) is 13.1 Å². The number of aromatic nitrogens is 4. The van der Waals surface area contributed by atoms with Crippen LogP contribution in [0.5, 0.6) is 0 Å². The molecule has 1 N–H and O–H groups in total. The van der Waals surface area contributed by atoms with Crippen LogP contribution in [0.15, 0.2) is 61.2 Å². The molecule has 4 heterocycles. The van der Waals surface area contributed by atoms with E-state index >= 15 is 0 Å². The van der Waals surface area contributed by atoms with Crippen LogP contribution in [0, 0.1) is 0 Å². The van der Waals surface area contributed by atoms with Gasteiger partial charge in [0.25, 0.3) is 11.8 Å². The molecule has 0 unspecified atom stereocenters. The quantitative estimate of drug-likeness (QED) is 0.481. The summed E-state index contributed by atoms with van der Waals surface area (Å²) < 4.78 is 40.1. The lowest BCUT2D eigenvalue weighted by atomic mass is 10.1. The van der Waals surface area contributed by atoms with Gasteiger partial charge in [-0.05, 0) is 37.3 Å². The Labute approximate surface area is 192 Å². The van der Waals surface area contributed by atoms with Crippen molar-refractivity contribution in [1.29, 1.82) is 0 Å². The average Bonchev–Trinajstić information content (AvgIpc) is 3.27. The maximum absolute atomic E-state index is 13.2. The first-order valence-corrected chi connectivity index (χ1v) is 10.2. The zero-order valence-electron chi connectivity index (χ0n) is 18.2. The van der Waals surface area contributed by atoms with E-state index in [4.69, 9.17) is 0 Å². The number of pyridine rings is 3. The van der Waals surface area contributed by atoms with Gasteiger partial charge in [-0.25, -0.2) is 9.50 Å². The molecule has 0 atom stereocenters. The van der Waals surface area contributed by atoms with Crippen LogP contribution < -0.4 is 10.2 Å². The minimum Gasteiger partial charge on any atom is -0.354 e. The molecule has 2 amide bonds. The van der Waals surface area contributed by atoms with Crippen molar-refractivity contribution in [2.24, 2.45) is 0 Å². The molecule has 0 fully saturated rings. The number of carbonyl (C=O) groups excluding carboxylic acids is 2. The molecule has 4 aromatic rings. The first kappa shape index (κ1) is 22.9. The molecule has 0 aromatic carbocycles. The van der Waals surface area contributed by atoms with Gasteiger partial charge in [0.15, 0.2) is 0 Å². The number of nitrogens with one attached hydrogen (secondary N) is 1. The Kier molecular flexibility index (Phi) is 6.01. The topological polar surface area (TPSA) is 92.5 Å². The largest absolute Gasteiger partial charge is 0.417 e. The van der Waals surface area contributed by atoms with Crippen LogP contribution in [-0.4, -0.2) is 45.0 Å². The molecule has 0 saturated heterocycles. The minimum atomic E-state index is -4.51. The molecule has 0 saturated carbocycles. The third-order valence-electron chi connectivity index (χ3n) is 5.22. The van der Waals surface area contributed by atoms with Crippen molar-refractivity contribution >= 4 is 23.1 Å². The van der Waals surface area contributed by atoms with Crippen molar-refractivity contribution < 1.29 is 22.8 Å². The van der Waals surface area contributed by atoms with Gasteiger partial charge in [-0.15, -0.1) is 0 Å². The molecule has 34 heavy (non-hydrogen) atoms. The Morgan fingerprint density at radius 1 is 1.06 bits per heavy atom. The highest BCUT2D eigenvalue weighted by atomic mass is 19.4. The van der Waals surface area contributed by atoms with E-state index in [0.29, 0.717) is 28.4 Å². The zero-order valence-corrected chi connectivity index (χ0v) is 18.2. The molecule has 0 aliphatic rings. The van der Waals surface area contributed by atoms with Crippen LogP contribution in [0.1, 0.15) is 33.3 Å². The van der Waals surface area contributed by atoms with Crippen LogP contribution in [0.25, 0.3) is 16.6 Å². The second-order valence-corrected chi connectivity index (χ2v) is 7.27. The van der Waals surface area contributed by atoms with E-state index in [1.165, 1.54) is 18.0 Å². The third kappa shape index (κ3) is 4.32. The summed E-state index contributed by atoms with van der Waals surface area (Å²) >= 11 is 0. The lowest BCUT2D eigenvalue weighted by Crippen LogP contribution is -2.31. The molecule has 11 heteroatoms. The molecule has 4 rings (SSSR count). The fourth-order valence-corrected chi connectivity index (χ4v) is 3.43. The molecule has 0 bridgehead atoms. The number of anilines is 1. The van der Waals surface area contributed by atoms with Crippen molar-refractivity contribution in [3.05, 3.63) is 78.0 Å². The summed E-state index contributed by atoms with van der Waals surface area (Å²) in [5.41, 5.74) is 1.71. The summed E-state index contributed by atoms with van der Waals surface area (Å²) in [5.74, 6) is -0.614. The predicted octanol–water partition coefficient (Wildman–Crippen LogP) is 3.84. The summed E-state index contributed by atoms with van der Waals surface area (Å²) in [7, 11) is 1.52. The molecule has 0 radical (unpaired) electrons. The zero-order chi connectivity index (χ0) is 24.5. The van der Waals surface area contributed by atoms with Gasteiger partial charge in [-0.1, -0.05) is 6.07 Å². The van der Waals surface area contributed by atoms with Gasteiger partial charge < -0.3 is 5.32 Å². The number of nitrogens with zero attached hydrogens (tertiary/aromatic N) is 5. The Morgan fingerprint density at radius 2 is 1.85 bits per heavy atom. The van der Waals surface area contributed by atoms with Crippen LogP contribution in [0.2, 0.25) is 0 Å². The first-order valence-electron chi connectivity index (χ1n) is 10.2. The lowest BCUT2D eigenvalue weighted by molar-refractivity contribution is -0.137. The Balaban J connectivity index is 1.66. The highest BCUT2D eigenvalue weighted by Gasteiger charge is 2.31. The fourth-order valence-electron chi connectivity index (χ4n) is 3.43. The normalized spacial score (nSPS) is 11.4.